The Hall–Kier alpha value is -0.880. The predicted molar refractivity (Wildman–Crippen MR) is 38.8 cm³/mol. The highest BCUT2D eigenvalue weighted by Gasteiger charge is 2.20. The average Bonchev–Trinajstić information content (AvgIpc) is 2.07. The van der Waals surface area contributed by atoms with Gasteiger partial charge in [0, 0.05) is 6.42 Å². The summed E-state index contributed by atoms with van der Waals surface area (Å²) in [7, 11) is 0. The molecular weight excluding hydrogens is 142 g/mol. The van der Waals surface area contributed by atoms with Crippen LogP contribution in [0.25, 0.3) is 0 Å². The Morgan fingerprint density at radius 2 is 2.45 bits per heavy atom. The van der Waals surface area contributed by atoms with E-state index in [0.29, 0.717) is 18.9 Å². The van der Waals surface area contributed by atoms with E-state index in [-0.39, 0.29) is 6.10 Å². The number of hydrogen-bond donors (Lipinski definition) is 0. The van der Waals surface area contributed by atoms with E-state index >= 15 is 0 Å². The predicted octanol–water partition coefficient (Wildman–Crippen LogP) is 0.894. The molecule has 0 radical (unpaired) electrons. The molecule has 0 N–H and O–H groups in total. The van der Waals surface area contributed by atoms with Crippen molar-refractivity contribution >= 4 is 6.29 Å². The fourth-order valence-electron chi connectivity index (χ4n) is 1.22. The van der Waals surface area contributed by atoms with Crippen molar-refractivity contribution < 1.29 is 9.53 Å². The Morgan fingerprint density at radius 3 is 2.91 bits per heavy atom. The van der Waals surface area contributed by atoms with Crippen LogP contribution in [0.5, 0.6) is 0 Å². The molecule has 0 bridgehead atoms. The highest BCUT2D eigenvalue weighted by Crippen LogP contribution is 2.19. The van der Waals surface area contributed by atoms with Crippen LogP contribution in [0.15, 0.2) is 0 Å². The molecule has 1 aliphatic heterocycles. The third kappa shape index (κ3) is 2.32. The van der Waals surface area contributed by atoms with E-state index in [9.17, 15) is 4.79 Å². The van der Waals surface area contributed by atoms with Gasteiger partial charge in [0.1, 0.15) is 12.4 Å². The van der Waals surface area contributed by atoms with Crippen molar-refractivity contribution in [1.29, 1.82) is 5.26 Å². The van der Waals surface area contributed by atoms with Crippen LogP contribution in [0.3, 0.4) is 0 Å². The molecule has 1 heterocycles. The molecule has 1 rings (SSSR count). The Morgan fingerprint density at radius 1 is 1.64 bits per heavy atom. The summed E-state index contributed by atoms with van der Waals surface area (Å²) in [4.78, 5) is 10.2. The Balaban J connectivity index is 2.25. The fourth-order valence-corrected chi connectivity index (χ4v) is 1.22. The van der Waals surface area contributed by atoms with Crippen LogP contribution in [-0.4, -0.2) is 19.0 Å². The molecule has 3 heteroatoms. The van der Waals surface area contributed by atoms with Crippen molar-refractivity contribution in [3.8, 4) is 6.07 Å². The number of nitriles is 1. The van der Waals surface area contributed by atoms with E-state index in [1.807, 2.05) is 0 Å². The molecule has 0 aliphatic carbocycles. The lowest BCUT2D eigenvalue weighted by molar-refractivity contribution is -0.122. The summed E-state index contributed by atoms with van der Waals surface area (Å²) >= 11 is 0. The highest BCUT2D eigenvalue weighted by atomic mass is 16.5. The highest BCUT2D eigenvalue weighted by molar-refractivity contribution is 5.55. The second kappa shape index (κ2) is 4.09. The summed E-state index contributed by atoms with van der Waals surface area (Å²) in [5.41, 5.74) is 0. The fraction of sp³-hybridized carbons (Fsp3) is 0.750. The van der Waals surface area contributed by atoms with Gasteiger partial charge in [-0.2, -0.15) is 5.26 Å². The second-order valence-corrected chi connectivity index (χ2v) is 2.81. The third-order valence-corrected chi connectivity index (χ3v) is 1.94. The lowest BCUT2D eigenvalue weighted by Gasteiger charge is -2.23. The van der Waals surface area contributed by atoms with Gasteiger partial charge in [-0.05, 0) is 18.8 Å². The first-order valence-corrected chi connectivity index (χ1v) is 3.80. The molecule has 11 heavy (non-hydrogen) atoms. The van der Waals surface area contributed by atoms with Gasteiger partial charge in [0.2, 0.25) is 0 Å². The van der Waals surface area contributed by atoms with Crippen LogP contribution in [0.2, 0.25) is 0 Å². The standard InChI is InChI=1S/C8H11NO2/c9-4-3-7-1-2-8(5-10)11-6-7/h5,7-8H,1-3,6H2/t7-,8+/m1/s1. The molecule has 1 aliphatic rings. The van der Waals surface area contributed by atoms with Crippen LogP contribution >= 0.6 is 0 Å². The minimum absolute atomic E-state index is 0.218. The second-order valence-electron chi connectivity index (χ2n) is 2.81. The molecule has 0 spiro atoms. The number of aldehydes is 1. The number of rotatable bonds is 2. The van der Waals surface area contributed by atoms with Gasteiger partial charge in [-0.3, -0.25) is 0 Å². The summed E-state index contributed by atoms with van der Waals surface area (Å²) in [6, 6.07) is 2.10. The van der Waals surface area contributed by atoms with Crippen molar-refractivity contribution in [3.05, 3.63) is 0 Å². The maximum Gasteiger partial charge on any atom is 0.148 e. The lowest BCUT2D eigenvalue weighted by atomic mass is 9.96. The maximum absolute atomic E-state index is 10.2. The van der Waals surface area contributed by atoms with Gasteiger partial charge in [0.05, 0.1) is 12.7 Å². The number of hydrogen-bond acceptors (Lipinski definition) is 3. The quantitative estimate of drug-likeness (QED) is 0.553. The van der Waals surface area contributed by atoms with Crippen molar-refractivity contribution in [2.24, 2.45) is 5.92 Å². The molecule has 0 aromatic heterocycles. The third-order valence-electron chi connectivity index (χ3n) is 1.94. The van der Waals surface area contributed by atoms with E-state index < -0.39 is 0 Å². The van der Waals surface area contributed by atoms with E-state index in [1.54, 1.807) is 0 Å². The zero-order chi connectivity index (χ0) is 8.10. The Labute approximate surface area is 66.0 Å². The summed E-state index contributed by atoms with van der Waals surface area (Å²) in [5.74, 6) is 0.344. The van der Waals surface area contributed by atoms with E-state index in [2.05, 4.69) is 6.07 Å². The zero-order valence-electron chi connectivity index (χ0n) is 6.32. The summed E-state index contributed by atoms with van der Waals surface area (Å²) in [6.07, 6.45) is 2.88. The summed E-state index contributed by atoms with van der Waals surface area (Å²) in [5, 5.41) is 8.37. The lowest BCUT2D eigenvalue weighted by Crippen LogP contribution is -2.26. The minimum Gasteiger partial charge on any atom is -0.370 e. The van der Waals surface area contributed by atoms with Crippen molar-refractivity contribution in [1.82, 2.24) is 0 Å². The van der Waals surface area contributed by atoms with E-state index in [0.717, 1.165) is 19.1 Å². The van der Waals surface area contributed by atoms with Crippen LogP contribution in [0, 0.1) is 17.2 Å². The van der Waals surface area contributed by atoms with E-state index in [4.69, 9.17) is 10.00 Å². The largest absolute Gasteiger partial charge is 0.370 e. The van der Waals surface area contributed by atoms with Gasteiger partial charge < -0.3 is 9.53 Å². The number of ether oxygens (including phenoxy) is 1. The SMILES string of the molecule is N#CC[C@H]1CC[C@@H](C=O)OC1. The van der Waals surface area contributed by atoms with E-state index in [1.165, 1.54) is 0 Å². The molecule has 3 nitrogen and oxygen atoms in total. The Bertz CT molecular complexity index is 165. The molecule has 1 fully saturated rings. The monoisotopic (exact) mass is 153 g/mol. The number of carbonyl (C=O) groups is 1. The molecular formula is C8H11NO2. The first-order chi connectivity index (χ1) is 5.36. The minimum atomic E-state index is -0.218. The average molecular weight is 153 g/mol. The molecule has 0 amide bonds. The molecule has 0 unspecified atom stereocenters. The smallest absolute Gasteiger partial charge is 0.148 e. The van der Waals surface area contributed by atoms with Gasteiger partial charge in [-0.15, -0.1) is 0 Å². The molecule has 2 atom stereocenters. The van der Waals surface area contributed by atoms with Crippen LogP contribution in [-0.2, 0) is 9.53 Å². The van der Waals surface area contributed by atoms with Gasteiger partial charge >= 0.3 is 0 Å². The van der Waals surface area contributed by atoms with Gasteiger partial charge in [-0.1, -0.05) is 0 Å². The van der Waals surface area contributed by atoms with Gasteiger partial charge in [-0.25, -0.2) is 0 Å². The Kier molecular flexibility index (Phi) is 3.06. The number of nitrogens with zero attached hydrogens (tertiary/aromatic N) is 1. The molecule has 1 saturated heterocycles. The zero-order valence-corrected chi connectivity index (χ0v) is 6.32. The maximum atomic E-state index is 10.2. The van der Waals surface area contributed by atoms with Crippen LogP contribution in [0.4, 0.5) is 0 Å². The molecule has 0 aromatic rings. The molecule has 0 saturated carbocycles. The first-order valence-electron chi connectivity index (χ1n) is 3.80. The first kappa shape index (κ1) is 8.22. The molecule has 60 valence electrons. The van der Waals surface area contributed by atoms with Crippen molar-refractivity contribution in [2.45, 2.75) is 25.4 Å². The van der Waals surface area contributed by atoms with Crippen LogP contribution < -0.4 is 0 Å². The van der Waals surface area contributed by atoms with Crippen molar-refractivity contribution in [2.75, 3.05) is 6.61 Å². The summed E-state index contributed by atoms with van der Waals surface area (Å²) < 4.78 is 5.17. The van der Waals surface area contributed by atoms with Crippen molar-refractivity contribution in [3.63, 3.8) is 0 Å². The van der Waals surface area contributed by atoms with Gasteiger partial charge in [0.15, 0.2) is 0 Å². The topological polar surface area (TPSA) is 50.1 Å². The molecule has 0 aromatic carbocycles. The van der Waals surface area contributed by atoms with Gasteiger partial charge in [0.25, 0.3) is 0 Å². The normalized spacial score (nSPS) is 30.8. The summed E-state index contributed by atoms with van der Waals surface area (Å²) in [6.45, 7) is 0.566. The number of carbonyl (C=O) groups excluding carboxylic acids is 1. The van der Waals surface area contributed by atoms with Crippen LogP contribution in [0.1, 0.15) is 19.3 Å².